The van der Waals surface area contributed by atoms with Gasteiger partial charge in [-0.25, -0.2) is 8.42 Å². The van der Waals surface area contributed by atoms with Crippen LogP contribution in [-0.4, -0.2) is 72.7 Å². The van der Waals surface area contributed by atoms with E-state index in [4.69, 9.17) is 14.6 Å². The second-order valence-corrected chi connectivity index (χ2v) is 11.3. The van der Waals surface area contributed by atoms with Gasteiger partial charge in [0.05, 0.1) is 30.2 Å². The van der Waals surface area contributed by atoms with E-state index in [-0.39, 0.29) is 30.1 Å². The number of aromatic amines is 1. The van der Waals surface area contributed by atoms with Gasteiger partial charge in [0.25, 0.3) is 0 Å². The van der Waals surface area contributed by atoms with Crippen LogP contribution in [0.3, 0.4) is 0 Å². The zero-order valence-electron chi connectivity index (χ0n) is 20.8. The van der Waals surface area contributed by atoms with Gasteiger partial charge in [-0.3, -0.25) is 14.4 Å². The van der Waals surface area contributed by atoms with Crippen LogP contribution in [-0.2, 0) is 25.9 Å². The molecule has 0 spiro atoms. The molecule has 0 amide bonds. The number of rotatable bonds is 8. The number of nitrogens with zero attached hydrogens (tertiary/aromatic N) is 4. The van der Waals surface area contributed by atoms with Gasteiger partial charge in [-0.15, -0.1) is 0 Å². The van der Waals surface area contributed by atoms with Crippen molar-refractivity contribution in [3.63, 3.8) is 0 Å². The van der Waals surface area contributed by atoms with E-state index in [2.05, 4.69) is 11.1 Å². The summed E-state index contributed by atoms with van der Waals surface area (Å²) < 4.78 is 38.1. The number of carbonyl (C=O) groups excluding carboxylic acids is 1. The number of H-pyrrole nitrogens is 1. The number of nitriles is 1. The number of esters is 1. The van der Waals surface area contributed by atoms with Gasteiger partial charge in [-0.1, -0.05) is 0 Å². The Bertz CT molecular complexity index is 1660. The maximum Gasteiger partial charge on any atom is 0.320 e. The number of hydrogen-bond acceptors (Lipinski definition) is 8. The van der Waals surface area contributed by atoms with Crippen LogP contribution in [0, 0.1) is 18.3 Å². The van der Waals surface area contributed by atoms with Crippen molar-refractivity contribution < 1.29 is 22.7 Å². The van der Waals surface area contributed by atoms with Gasteiger partial charge in [0.15, 0.2) is 15.6 Å². The lowest BCUT2D eigenvalue weighted by molar-refractivity contribution is -0.146. The Morgan fingerprint density at radius 3 is 2.78 bits per heavy atom. The molecule has 1 N–H and O–H groups in total. The van der Waals surface area contributed by atoms with E-state index in [9.17, 15) is 18.5 Å². The number of benzene rings is 2. The molecule has 0 aliphatic carbocycles. The fourth-order valence-corrected chi connectivity index (χ4v) is 5.79. The number of nitrogens with one attached hydrogen (secondary N) is 1. The summed E-state index contributed by atoms with van der Waals surface area (Å²) in [4.78, 5) is 17.1. The predicted molar refractivity (Wildman–Crippen MR) is 137 cm³/mol. The summed E-state index contributed by atoms with van der Waals surface area (Å²) in [5.74, 6) is 0.110. The van der Waals surface area contributed by atoms with Crippen molar-refractivity contribution in [2.24, 2.45) is 0 Å². The Morgan fingerprint density at radius 2 is 2.08 bits per heavy atom. The van der Waals surface area contributed by atoms with E-state index < -0.39 is 9.84 Å². The highest BCUT2D eigenvalue weighted by Crippen LogP contribution is 2.33. The second-order valence-electron chi connectivity index (χ2n) is 9.27. The first kappa shape index (κ1) is 24.8. The fraction of sp³-hybridized carbons (Fsp3) is 0.346. The standard InChI is InChI=1S/C26H27N5O5S/c1-4-35-23(32)15-30-12-19(13-30)36-26-17(10-27)5-6-18-11-31(29-25(18)26)14-21-20-7-8-28-24(20)16(2)9-22(21)37(3,33)34/h5-9,11,19,28H,4,12-15H2,1-3H3. The molecule has 0 saturated carbocycles. The van der Waals surface area contributed by atoms with Crippen molar-refractivity contribution in [3.8, 4) is 11.8 Å². The summed E-state index contributed by atoms with van der Waals surface area (Å²) in [5, 5.41) is 16.0. The summed E-state index contributed by atoms with van der Waals surface area (Å²) in [6.45, 7) is 5.48. The molecule has 2 aromatic carbocycles. The average Bonchev–Trinajstić information content (AvgIpc) is 3.46. The van der Waals surface area contributed by atoms with E-state index in [1.54, 1.807) is 36.0 Å². The minimum atomic E-state index is -3.48. The number of carbonyl (C=O) groups is 1. The van der Waals surface area contributed by atoms with Crippen LogP contribution in [0.15, 0.2) is 41.6 Å². The van der Waals surface area contributed by atoms with E-state index in [1.165, 1.54) is 6.26 Å². The van der Waals surface area contributed by atoms with Gasteiger partial charge in [-0.05, 0) is 43.7 Å². The van der Waals surface area contributed by atoms with E-state index in [0.29, 0.717) is 42.1 Å². The van der Waals surface area contributed by atoms with E-state index in [0.717, 1.165) is 21.9 Å². The van der Waals surface area contributed by atoms with Crippen LogP contribution in [0.5, 0.6) is 5.75 Å². The Hall–Kier alpha value is -3.88. The number of aromatic nitrogens is 3. The normalized spacial score (nSPS) is 14.5. The summed E-state index contributed by atoms with van der Waals surface area (Å²) >= 11 is 0. The van der Waals surface area contributed by atoms with E-state index >= 15 is 0 Å². The SMILES string of the molecule is CCOC(=O)CN1CC(Oc2c(C#N)ccc3cn(Cc4c(S(C)(=O)=O)cc(C)c5[nH]ccc45)nc23)C1. The highest BCUT2D eigenvalue weighted by atomic mass is 32.2. The summed E-state index contributed by atoms with van der Waals surface area (Å²) in [7, 11) is -3.48. The number of likely N-dealkylation sites (tertiary alicyclic amines) is 1. The first-order valence-corrected chi connectivity index (χ1v) is 13.8. The molecule has 11 heteroatoms. The molecule has 5 rings (SSSR count). The first-order valence-electron chi connectivity index (χ1n) is 11.9. The van der Waals surface area contributed by atoms with Crippen molar-refractivity contribution in [2.45, 2.75) is 31.4 Å². The molecule has 0 bridgehead atoms. The maximum absolute atomic E-state index is 12.6. The summed E-state index contributed by atoms with van der Waals surface area (Å²) in [6, 6.07) is 9.22. The Kier molecular flexibility index (Phi) is 6.39. The highest BCUT2D eigenvalue weighted by Gasteiger charge is 2.31. The molecule has 192 valence electrons. The minimum Gasteiger partial charge on any atom is -0.484 e. The molecule has 10 nitrogen and oxygen atoms in total. The third-order valence-electron chi connectivity index (χ3n) is 6.50. The lowest BCUT2D eigenvalue weighted by Crippen LogP contribution is -2.55. The van der Waals surface area contributed by atoms with Gasteiger partial charge >= 0.3 is 5.97 Å². The molecule has 0 atom stereocenters. The van der Waals surface area contributed by atoms with Crippen LogP contribution < -0.4 is 4.74 Å². The van der Waals surface area contributed by atoms with E-state index in [1.807, 2.05) is 24.1 Å². The van der Waals surface area contributed by atoms with Gasteiger partial charge < -0.3 is 14.5 Å². The number of aryl methyl sites for hydroxylation is 1. The Balaban J connectivity index is 1.46. The van der Waals surface area contributed by atoms with Gasteiger partial charge in [0.1, 0.15) is 17.7 Å². The molecule has 0 radical (unpaired) electrons. The van der Waals surface area contributed by atoms with Gasteiger partial charge in [0.2, 0.25) is 0 Å². The third-order valence-corrected chi connectivity index (χ3v) is 7.66. The number of ether oxygens (including phenoxy) is 2. The van der Waals surface area contributed by atoms with Crippen LogP contribution in [0.1, 0.15) is 23.6 Å². The molecule has 4 aromatic rings. The van der Waals surface area contributed by atoms with Crippen LogP contribution in [0.4, 0.5) is 0 Å². The molecule has 0 unspecified atom stereocenters. The number of fused-ring (bicyclic) bond motifs is 2. The summed E-state index contributed by atoms with van der Waals surface area (Å²) in [5.41, 5.74) is 3.27. The first-order chi connectivity index (χ1) is 17.7. The second kappa shape index (κ2) is 9.53. The lowest BCUT2D eigenvalue weighted by Gasteiger charge is -2.38. The van der Waals surface area contributed by atoms with Crippen molar-refractivity contribution in [2.75, 3.05) is 32.5 Å². The monoisotopic (exact) mass is 521 g/mol. The fourth-order valence-electron chi connectivity index (χ4n) is 4.77. The van der Waals surface area contributed by atoms with Gasteiger partial charge in [-0.2, -0.15) is 10.4 Å². The molecule has 1 aliphatic rings. The number of hydrogen-bond donors (Lipinski definition) is 1. The quantitative estimate of drug-likeness (QED) is 0.350. The molecule has 2 aromatic heterocycles. The van der Waals surface area contributed by atoms with Crippen molar-refractivity contribution in [3.05, 3.63) is 53.3 Å². The van der Waals surface area contributed by atoms with Crippen LogP contribution in [0.2, 0.25) is 0 Å². The zero-order valence-corrected chi connectivity index (χ0v) is 21.6. The Morgan fingerprint density at radius 1 is 1.30 bits per heavy atom. The largest absolute Gasteiger partial charge is 0.484 e. The van der Waals surface area contributed by atoms with Crippen molar-refractivity contribution in [1.82, 2.24) is 19.7 Å². The molecule has 3 heterocycles. The topological polar surface area (TPSA) is 130 Å². The smallest absolute Gasteiger partial charge is 0.320 e. The Labute approximate surface area is 214 Å². The number of sulfone groups is 1. The molecule has 37 heavy (non-hydrogen) atoms. The van der Waals surface area contributed by atoms with Crippen LogP contribution in [0.25, 0.3) is 21.8 Å². The molecular weight excluding hydrogens is 494 g/mol. The van der Waals surface area contributed by atoms with Gasteiger partial charge in [0, 0.05) is 53.6 Å². The zero-order chi connectivity index (χ0) is 26.3. The molecule has 1 fully saturated rings. The van der Waals surface area contributed by atoms with Crippen molar-refractivity contribution >= 4 is 37.6 Å². The molecule has 1 aliphatic heterocycles. The lowest BCUT2D eigenvalue weighted by atomic mass is 10.1. The molecular formula is C26H27N5O5S. The average molecular weight is 522 g/mol. The van der Waals surface area contributed by atoms with Crippen molar-refractivity contribution in [1.29, 1.82) is 5.26 Å². The minimum absolute atomic E-state index is 0.189. The third kappa shape index (κ3) is 4.77. The molecule has 1 saturated heterocycles. The summed E-state index contributed by atoms with van der Waals surface area (Å²) in [6.07, 6.45) is 4.63. The maximum atomic E-state index is 12.6. The predicted octanol–water partition coefficient (Wildman–Crippen LogP) is 2.78. The highest BCUT2D eigenvalue weighted by molar-refractivity contribution is 7.90. The van der Waals surface area contributed by atoms with Crippen LogP contribution >= 0.6 is 0 Å².